The number of rotatable bonds is 1. The summed E-state index contributed by atoms with van der Waals surface area (Å²) >= 11 is 0. The van der Waals surface area contributed by atoms with Gasteiger partial charge in [0, 0.05) is 17.3 Å². The number of nitro groups is 1. The van der Waals surface area contributed by atoms with E-state index in [1.165, 1.54) is 6.07 Å². The molecular formula is C10H16N2O2. The molecule has 2 N–H and O–H groups in total. The van der Waals surface area contributed by atoms with Crippen molar-refractivity contribution in [2.45, 2.75) is 27.7 Å². The van der Waals surface area contributed by atoms with Crippen molar-refractivity contribution in [3.63, 3.8) is 0 Å². The quantitative estimate of drug-likeness (QED) is 0.426. The van der Waals surface area contributed by atoms with Gasteiger partial charge in [-0.1, -0.05) is 13.8 Å². The first kappa shape index (κ1) is 12.4. The van der Waals surface area contributed by atoms with E-state index >= 15 is 0 Å². The molecule has 4 nitrogen and oxygen atoms in total. The highest BCUT2D eigenvalue weighted by atomic mass is 16.6. The molecule has 0 aliphatic heterocycles. The summed E-state index contributed by atoms with van der Waals surface area (Å²) < 4.78 is 0. The predicted octanol–water partition coefficient (Wildman–Crippen LogP) is 2.82. The molecule has 0 aliphatic rings. The highest BCUT2D eigenvalue weighted by molar-refractivity contribution is 5.55. The molecule has 1 rings (SSSR count). The molecule has 0 heterocycles. The van der Waals surface area contributed by atoms with E-state index in [2.05, 4.69) is 0 Å². The van der Waals surface area contributed by atoms with Gasteiger partial charge in [0.25, 0.3) is 5.69 Å². The average molecular weight is 196 g/mol. The Hall–Kier alpha value is -1.58. The van der Waals surface area contributed by atoms with E-state index in [1.54, 1.807) is 19.9 Å². The first-order valence-corrected chi connectivity index (χ1v) is 4.53. The molecule has 0 atom stereocenters. The number of aryl methyl sites for hydroxylation is 1. The van der Waals surface area contributed by atoms with Gasteiger partial charge in [0.15, 0.2) is 0 Å². The van der Waals surface area contributed by atoms with Gasteiger partial charge in [-0.3, -0.25) is 10.1 Å². The summed E-state index contributed by atoms with van der Waals surface area (Å²) in [6, 6.07) is 3.10. The molecular weight excluding hydrogens is 180 g/mol. The lowest BCUT2D eigenvalue weighted by molar-refractivity contribution is -0.385. The van der Waals surface area contributed by atoms with Crippen LogP contribution in [0, 0.1) is 24.0 Å². The van der Waals surface area contributed by atoms with Gasteiger partial charge in [-0.05, 0) is 25.5 Å². The van der Waals surface area contributed by atoms with Crippen LogP contribution in [0.15, 0.2) is 12.1 Å². The van der Waals surface area contributed by atoms with E-state index in [9.17, 15) is 10.1 Å². The topological polar surface area (TPSA) is 69.2 Å². The van der Waals surface area contributed by atoms with Crippen LogP contribution in [-0.2, 0) is 0 Å². The van der Waals surface area contributed by atoms with Crippen molar-refractivity contribution in [3.05, 3.63) is 33.4 Å². The van der Waals surface area contributed by atoms with E-state index in [4.69, 9.17) is 5.73 Å². The van der Waals surface area contributed by atoms with Crippen LogP contribution < -0.4 is 5.73 Å². The monoisotopic (exact) mass is 196 g/mol. The molecule has 0 unspecified atom stereocenters. The lowest BCUT2D eigenvalue weighted by Crippen LogP contribution is -1.96. The van der Waals surface area contributed by atoms with Crippen molar-refractivity contribution >= 4 is 11.4 Å². The van der Waals surface area contributed by atoms with Gasteiger partial charge in [0.2, 0.25) is 0 Å². The minimum atomic E-state index is -0.418. The summed E-state index contributed by atoms with van der Waals surface area (Å²) in [5, 5.41) is 10.5. The molecule has 1 aromatic carbocycles. The lowest BCUT2D eigenvalue weighted by atomic mass is 10.1. The minimum absolute atomic E-state index is 0.0903. The largest absolute Gasteiger partial charge is 0.399 e. The molecule has 0 saturated carbocycles. The van der Waals surface area contributed by atoms with Gasteiger partial charge < -0.3 is 5.73 Å². The van der Waals surface area contributed by atoms with Crippen LogP contribution in [0.25, 0.3) is 0 Å². The number of benzene rings is 1. The standard InChI is InChI=1S/C8H10N2O2.C2H6/c1-5-3-7(9)4-8(6(5)2)10(11)12;1-2/h3-4H,9H2,1-2H3;1-2H3. The Kier molecular flexibility index (Phi) is 4.63. The zero-order chi connectivity index (χ0) is 11.3. The van der Waals surface area contributed by atoms with Crippen molar-refractivity contribution in [3.8, 4) is 0 Å². The van der Waals surface area contributed by atoms with Gasteiger partial charge in [-0.2, -0.15) is 0 Å². The van der Waals surface area contributed by atoms with Crippen molar-refractivity contribution in [1.29, 1.82) is 0 Å². The summed E-state index contributed by atoms with van der Waals surface area (Å²) in [6.45, 7) is 7.52. The summed E-state index contributed by atoms with van der Waals surface area (Å²) in [4.78, 5) is 10.1. The molecule has 0 amide bonds. The van der Waals surface area contributed by atoms with E-state index in [-0.39, 0.29) is 5.69 Å². The second-order valence-electron chi connectivity index (χ2n) is 2.74. The summed E-state index contributed by atoms with van der Waals surface area (Å²) in [7, 11) is 0. The Morgan fingerprint density at radius 3 is 2.21 bits per heavy atom. The molecule has 0 aromatic heterocycles. The molecule has 4 heteroatoms. The zero-order valence-corrected chi connectivity index (χ0v) is 9.00. The van der Waals surface area contributed by atoms with E-state index in [0.717, 1.165) is 5.56 Å². The Labute approximate surface area is 83.9 Å². The second-order valence-corrected chi connectivity index (χ2v) is 2.74. The number of hydrogen-bond acceptors (Lipinski definition) is 3. The van der Waals surface area contributed by atoms with Crippen LogP contribution in [0.2, 0.25) is 0 Å². The fourth-order valence-electron chi connectivity index (χ4n) is 1.06. The van der Waals surface area contributed by atoms with Gasteiger partial charge >= 0.3 is 0 Å². The molecule has 0 aliphatic carbocycles. The van der Waals surface area contributed by atoms with Crippen molar-refractivity contribution in [2.75, 3.05) is 5.73 Å². The Balaban J connectivity index is 0.000000791. The molecule has 0 saturated heterocycles. The fourth-order valence-corrected chi connectivity index (χ4v) is 1.06. The Morgan fingerprint density at radius 2 is 1.79 bits per heavy atom. The maximum absolute atomic E-state index is 10.5. The summed E-state index contributed by atoms with van der Waals surface area (Å²) in [6.07, 6.45) is 0. The maximum Gasteiger partial charge on any atom is 0.274 e. The van der Waals surface area contributed by atoms with E-state index < -0.39 is 4.92 Å². The van der Waals surface area contributed by atoms with Crippen molar-refractivity contribution < 1.29 is 4.92 Å². The molecule has 14 heavy (non-hydrogen) atoms. The smallest absolute Gasteiger partial charge is 0.274 e. The number of nitrogens with two attached hydrogens (primary N) is 1. The van der Waals surface area contributed by atoms with Crippen LogP contribution in [0.3, 0.4) is 0 Å². The third-order valence-corrected chi connectivity index (χ3v) is 1.86. The second kappa shape index (κ2) is 5.21. The number of nitrogens with zero attached hydrogens (tertiary/aromatic N) is 1. The van der Waals surface area contributed by atoms with Crippen LogP contribution in [0.1, 0.15) is 25.0 Å². The SMILES string of the molecule is CC.Cc1cc(N)cc([N+](=O)[O-])c1C. The van der Waals surface area contributed by atoms with Crippen molar-refractivity contribution in [2.24, 2.45) is 0 Å². The number of nitrogen functional groups attached to an aromatic ring is 1. The lowest BCUT2D eigenvalue weighted by Gasteiger charge is -2.02. The number of hydrogen-bond donors (Lipinski definition) is 1. The summed E-state index contributed by atoms with van der Waals surface area (Å²) in [5.41, 5.74) is 7.51. The fraction of sp³-hybridized carbons (Fsp3) is 0.400. The normalized spacial score (nSPS) is 8.86. The van der Waals surface area contributed by atoms with Gasteiger partial charge in [-0.25, -0.2) is 0 Å². The molecule has 0 radical (unpaired) electrons. The molecule has 1 aromatic rings. The van der Waals surface area contributed by atoms with Crippen LogP contribution in [0.4, 0.5) is 11.4 Å². The number of nitro benzene ring substituents is 1. The van der Waals surface area contributed by atoms with Gasteiger partial charge in [0.1, 0.15) is 0 Å². The molecule has 0 bridgehead atoms. The van der Waals surface area contributed by atoms with E-state index in [1.807, 2.05) is 13.8 Å². The zero-order valence-electron chi connectivity index (χ0n) is 9.00. The third-order valence-electron chi connectivity index (χ3n) is 1.86. The molecule has 0 fully saturated rings. The van der Waals surface area contributed by atoms with Gasteiger partial charge in [0.05, 0.1) is 4.92 Å². The maximum atomic E-state index is 10.5. The molecule has 78 valence electrons. The molecule has 0 spiro atoms. The number of anilines is 1. The first-order chi connectivity index (χ1) is 6.52. The van der Waals surface area contributed by atoms with Gasteiger partial charge in [-0.15, -0.1) is 0 Å². The average Bonchev–Trinajstić information content (AvgIpc) is 2.14. The summed E-state index contributed by atoms with van der Waals surface area (Å²) in [5.74, 6) is 0. The third kappa shape index (κ3) is 2.73. The van der Waals surface area contributed by atoms with Crippen molar-refractivity contribution in [1.82, 2.24) is 0 Å². The van der Waals surface area contributed by atoms with Crippen LogP contribution in [0.5, 0.6) is 0 Å². The first-order valence-electron chi connectivity index (χ1n) is 4.53. The highest BCUT2D eigenvalue weighted by Gasteiger charge is 2.12. The van der Waals surface area contributed by atoms with E-state index in [0.29, 0.717) is 11.3 Å². The highest BCUT2D eigenvalue weighted by Crippen LogP contribution is 2.23. The van der Waals surface area contributed by atoms with Crippen LogP contribution in [-0.4, -0.2) is 4.92 Å². The minimum Gasteiger partial charge on any atom is -0.399 e. The van der Waals surface area contributed by atoms with Crippen LogP contribution >= 0.6 is 0 Å². The Morgan fingerprint density at radius 1 is 1.29 bits per heavy atom. The Bertz CT molecular complexity index is 335. The predicted molar refractivity (Wildman–Crippen MR) is 58.3 cm³/mol.